The summed E-state index contributed by atoms with van der Waals surface area (Å²) in [5, 5.41) is 5.21. The molecule has 2 aromatic heterocycles. The third-order valence-electron chi connectivity index (χ3n) is 7.54. The second-order valence-corrected chi connectivity index (χ2v) is 11.4. The molecule has 6 aromatic carbocycles. The molecule has 0 atom stereocenters. The average molecular weight is 552 g/mol. The van der Waals surface area contributed by atoms with E-state index in [1.807, 2.05) is 35.6 Å². The lowest BCUT2D eigenvalue weighted by Crippen LogP contribution is -2.10. The van der Waals surface area contributed by atoms with E-state index in [-0.39, 0.29) is 0 Å². The zero-order valence-electron chi connectivity index (χ0n) is 21.3. The molecule has 0 spiro atoms. The van der Waals surface area contributed by atoms with Gasteiger partial charge in [0, 0.05) is 36.9 Å². The third kappa shape index (κ3) is 3.70. The Morgan fingerprint density at radius 3 is 2.12 bits per heavy atom. The fraction of sp³-hybridized carbons (Fsp3) is 0. The lowest BCUT2D eigenvalue weighted by Gasteiger charge is -2.26. The molecular formula is C36H22ClNOS. The van der Waals surface area contributed by atoms with Crippen molar-refractivity contribution in [2.24, 2.45) is 0 Å². The molecule has 0 aliphatic rings. The summed E-state index contributed by atoms with van der Waals surface area (Å²) in [6.45, 7) is 0. The van der Waals surface area contributed by atoms with Crippen LogP contribution < -0.4 is 4.90 Å². The van der Waals surface area contributed by atoms with Gasteiger partial charge in [0.1, 0.15) is 5.58 Å². The van der Waals surface area contributed by atoms with Gasteiger partial charge in [-0.15, -0.1) is 11.3 Å². The molecule has 2 nitrogen and oxygen atoms in total. The minimum absolute atomic E-state index is 0.615. The fourth-order valence-corrected chi connectivity index (χ4v) is 6.99. The number of thiophene rings is 1. The molecule has 4 heteroatoms. The lowest BCUT2D eigenvalue weighted by molar-refractivity contribution is 0.669. The molecule has 0 fully saturated rings. The monoisotopic (exact) mass is 551 g/mol. The minimum Gasteiger partial charge on any atom is -0.454 e. The number of rotatable bonds is 4. The Hall–Kier alpha value is -4.57. The Labute approximate surface area is 240 Å². The molecule has 0 amide bonds. The van der Waals surface area contributed by atoms with Crippen LogP contribution in [-0.2, 0) is 0 Å². The smallest absolute Gasteiger partial charge is 0.154 e. The van der Waals surface area contributed by atoms with Crippen molar-refractivity contribution in [3.8, 4) is 11.1 Å². The van der Waals surface area contributed by atoms with Crippen LogP contribution in [0.5, 0.6) is 0 Å². The van der Waals surface area contributed by atoms with Gasteiger partial charge in [-0.05, 0) is 65.7 Å². The maximum Gasteiger partial charge on any atom is 0.154 e. The van der Waals surface area contributed by atoms with Gasteiger partial charge in [0.2, 0.25) is 0 Å². The number of para-hydroxylation sites is 1. The van der Waals surface area contributed by atoms with Gasteiger partial charge in [0.15, 0.2) is 5.58 Å². The molecule has 190 valence electrons. The highest BCUT2D eigenvalue weighted by Gasteiger charge is 2.21. The lowest BCUT2D eigenvalue weighted by atomic mass is 10.0. The summed E-state index contributed by atoms with van der Waals surface area (Å²) in [6, 6.07) is 46.9. The van der Waals surface area contributed by atoms with Crippen molar-refractivity contribution in [1.82, 2.24) is 0 Å². The first-order valence-corrected chi connectivity index (χ1v) is 14.4. The molecule has 0 saturated heterocycles. The highest BCUT2D eigenvalue weighted by atomic mass is 35.5. The van der Waals surface area contributed by atoms with Gasteiger partial charge >= 0.3 is 0 Å². The van der Waals surface area contributed by atoms with Gasteiger partial charge in [-0.2, -0.15) is 0 Å². The quantitative estimate of drug-likeness (QED) is 0.216. The SMILES string of the molecule is Clc1cccc2c1oc1cccc(N(c3ccc(-c4ccccc4)cc3)c3ccc4sc5ccccc5c4c3)c12. The van der Waals surface area contributed by atoms with Crippen LogP contribution >= 0.6 is 22.9 Å². The number of fused-ring (bicyclic) bond motifs is 6. The number of hydrogen-bond donors (Lipinski definition) is 0. The Bertz CT molecular complexity index is 2180. The Morgan fingerprint density at radius 1 is 0.550 bits per heavy atom. The second-order valence-electron chi connectivity index (χ2n) is 9.90. The first-order chi connectivity index (χ1) is 19.7. The van der Waals surface area contributed by atoms with E-state index in [0.717, 1.165) is 33.4 Å². The van der Waals surface area contributed by atoms with Crippen LogP contribution in [0, 0.1) is 0 Å². The molecular weight excluding hydrogens is 530 g/mol. The molecule has 2 heterocycles. The summed E-state index contributed by atoms with van der Waals surface area (Å²) in [7, 11) is 0. The molecule has 40 heavy (non-hydrogen) atoms. The van der Waals surface area contributed by atoms with Gasteiger partial charge < -0.3 is 9.32 Å². The maximum absolute atomic E-state index is 6.57. The van der Waals surface area contributed by atoms with E-state index in [1.54, 1.807) is 0 Å². The number of hydrogen-bond acceptors (Lipinski definition) is 3. The van der Waals surface area contributed by atoms with Crippen molar-refractivity contribution < 1.29 is 4.42 Å². The van der Waals surface area contributed by atoms with Crippen LogP contribution in [0.4, 0.5) is 17.1 Å². The van der Waals surface area contributed by atoms with Crippen molar-refractivity contribution in [3.05, 3.63) is 138 Å². The third-order valence-corrected chi connectivity index (χ3v) is 8.99. The molecule has 0 saturated carbocycles. The molecule has 0 radical (unpaired) electrons. The summed E-state index contributed by atoms with van der Waals surface area (Å²) in [5.74, 6) is 0. The van der Waals surface area contributed by atoms with Gasteiger partial charge in [0.05, 0.1) is 16.1 Å². The molecule has 0 unspecified atom stereocenters. The highest BCUT2D eigenvalue weighted by molar-refractivity contribution is 7.25. The van der Waals surface area contributed by atoms with Crippen molar-refractivity contribution in [3.63, 3.8) is 0 Å². The summed E-state index contributed by atoms with van der Waals surface area (Å²) in [5.41, 5.74) is 7.12. The zero-order chi connectivity index (χ0) is 26.6. The standard InChI is InChI=1S/C36H22ClNOS/c37-30-12-6-11-28-35-31(13-7-14-32(35)39-36(28)30)38(25-18-16-24(17-19-25)23-8-2-1-3-9-23)26-20-21-34-29(22-26)27-10-4-5-15-33(27)40-34/h1-22H. The van der Waals surface area contributed by atoms with Crippen LogP contribution in [0.3, 0.4) is 0 Å². The first kappa shape index (κ1) is 23.3. The summed E-state index contributed by atoms with van der Waals surface area (Å²) < 4.78 is 8.86. The number of benzene rings is 6. The maximum atomic E-state index is 6.57. The van der Waals surface area contributed by atoms with Crippen molar-refractivity contribution in [2.75, 3.05) is 4.90 Å². The predicted molar refractivity (Wildman–Crippen MR) is 172 cm³/mol. The van der Waals surface area contributed by atoms with E-state index in [1.165, 1.54) is 31.3 Å². The molecule has 0 aliphatic heterocycles. The molecule has 0 bridgehead atoms. The second kappa shape index (κ2) is 9.27. The van der Waals surface area contributed by atoms with Crippen molar-refractivity contribution >= 4 is 82.1 Å². The van der Waals surface area contributed by atoms with Crippen LogP contribution in [0.25, 0.3) is 53.2 Å². The molecule has 0 aliphatic carbocycles. The number of anilines is 3. The van der Waals surface area contributed by atoms with Gasteiger partial charge in [-0.25, -0.2) is 0 Å². The van der Waals surface area contributed by atoms with E-state index < -0.39 is 0 Å². The molecule has 0 N–H and O–H groups in total. The van der Waals surface area contributed by atoms with Crippen LogP contribution in [-0.4, -0.2) is 0 Å². The summed E-state index contributed by atoms with van der Waals surface area (Å²) in [6.07, 6.45) is 0. The average Bonchev–Trinajstić information content (AvgIpc) is 3.58. The largest absolute Gasteiger partial charge is 0.454 e. The Kier molecular flexibility index (Phi) is 5.41. The van der Waals surface area contributed by atoms with Gasteiger partial charge in [-0.1, -0.05) is 90.5 Å². The van der Waals surface area contributed by atoms with Crippen LogP contribution in [0.1, 0.15) is 0 Å². The van der Waals surface area contributed by atoms with Gasteiger partial charge in [0.25, 0.3) is 0 Å². The van der Waals surface area contributed by atoms with E-state index in [2.05, 4.69) is 114 Å². The van der Waals surface area contributed by atoms with E-state index in [4.69, 9.17) is 16.0 Å². The Balaban J connectivity index is 1.39. The van der Waals surface area contributed by atoms with Crippen LogP contribution in [0.15, 0.2) is 138 Å². The minimum atomic E-state index is 0.615. The Morgan fingerprint density at radius 2 is 1.25 bits per heavy atom. The van der Waals surface area contributed by atoms with E-state index in [9.17, 15) is 0 Å². The predicted octanol–water partition coefficient (Wildman–Crippen LogP) is 11.7. The number of halogens is 1. The number of nitrogens with zero attached hydrogens (tertiary/aromatic N) is 1. The fourth-order valence-electron chi connectivity index (χ4n) is 5.69. The zero-order valence-corrected chi connectivity index (χ0v) is 22.9. The first-order valence-electron chi connectivity index (χ1n) is 13.2. The van der Waals surface area contributed by atoms with E-state index >= 15 is 0 Å². The van der Waals surface area contributed by atoms with Gasteiger partial charge in [-0.3, -0.25) is 0 Å². The topological polar surface area (TPSA) is 16.4 Å². The molecule has 8 rings (SSSR count). The van der Waals surface area contributed by atoms with Crippen molar-refractivity contribution in [2.45, 2.75) is 0 Å². The summed E-state index contributed by atoms with van der Waals surface area (Å²) in [4.78, 5) is 2.33. The van der Waals surface area contributed by atoms with Crippen molar-refractivity contribution in [1.29, 1.82) is 0 Å². The summed E-state index contributed by atoms with van der Waals surface area (Å²) >= 11 is 8.40. The normalized spacial score (nSPS) is 11.6. The highest BCUT2D eigenvalue weighted by Crippen LogP contribution is 2.45. The number of furan rings is 1. The van der Waals surface area contributed by atoms with Crippen LogP contribution in [0.2, 0.25) is 5.02 Å². The van der Waals surface area contributed by atoms with E-state index in [0.29, 0.717) is 10.6 Å². The molecule has 8 aromatic rings.